The average Bonchev–Trinajstić information content (AvgIpc) is 3.06. The maximum absolute atomic E-state index is 12.9. The summed E-state index contributed by atoms with van der Waals surface area (Å²) in [7, 11) is 1.60. The first kappa shape index (κ1) is 19.7. The van der Waals surface area contributed by atoms with Gasteiger partial charge >= 0.3 is 6.03 Å². The van der Waals surface area contributed by atoms with E-state index in [0.29, 0.717) is 25.3 Å². The van der Waals surface area contributed by atoms with Crippen molar-refractivity contribution in [1.82, 2.24) is 10.2 Å². The van der Waals surface area contributed by atoms with Crippen molar-refractivity contribution in [3.8, 4) is 5.75 Å². The molecule has 1 aliphatic rings. The average molecular weight is 381 g/mol. The van der Waals surface area contributed by atoms with Crippen LogP contribution >= 0.6 is 0 Å². The summed E-state index contributed by atoms with van der Waals surface area (Å²) in [5, 5.41) is 3.03. The SMILES string of the molecule is COc1cccc(N2C[C@H](NC(=O)N(Cc3ccccc3)C(C)C)CC2=O)c1. The second-order valence-corrected chi connectivity index (χ2v) is 7.26. The summed E-state index contributed by atoms with van der Waals surface area (Å²) in [6.07, 6.45) is 0.292. The zero-order valence-corrected chi connectivity index (χ0v) is 16.6. The monoisotopic (exact) mass is 381 g/mol. The van der Waals surface area contributed by atoms with Crippen molar-refractivity contribution >= 4 is 17.6 Å². The first-order chi connectivity index (χ1) is 13.5. The molecule has 3 amide bonds. The van der Waals surface area contributed by atoms with E-state index in [9.17, 15) is 9.59 Å². The van der Waals surface area contributed by atoms with E-state index in [4.69, 9.17) is 4.74 Å². The number of ether oxygens (including phenoxy) is 1. The number of rotatable bonds is 6. The van der Waals surface area contributed by atoms with Gasteiger partial charge in [-0.25, -0.2) is 4.79 Å². The van der Waals surface area contributed by atoms with E-state index in [1.807, 2.05) is 68.4 Å². The number of amides is 3. The van der Waals surface area contributed by atoms with Crippen LogP contribution in [0, 0.1) is 0 Å². The number of carbonyl (C=O) groups is 2. The van der Waals surface area contributed by atoms with Gasteiger partial charge in [0.05, 0.1) is 13.2 Å². The van der Waals surface area contributed by atoms with Gasteiger partial charge in [0.1, 0.15) is 5.75 Å². The zero-order valence-electron chi connectivity index (χ0n) is 16.6. The van der Waals surface area contributed by atoms with E-state index >= 15 is 0 Å². The largest absolute Gasteiger partial charge is 0.497 e. The number of hydrogen-bond donors (Lipinski definition) is 1. The Hall–Kier alpha value is -3.02. The van der Waals surface area contributed by atoms with Gasteiger partial charge in [0.15, 0.2) is 0 Å². The molecule has 1 N–H and O–H groups in total. The molecule has 6 heteroatoms. The number of benzene rings is 2. The number of nitrogens with zero attached hydrogens (tertiary/aromatic N) is 2. The smallest absolute Gasteiger partial charge is 0.318 e. The van der Waals surface area contributed by atoms with Gasteiger partial charge in [-0.1, -0.05) is 36.4 Å². The normalized spacial score (nSPS) is 16.4. The highest BCUT2D eigenvalue weighted by Crippen LogP contribution is 2.25. The molecule has 1 aliphatic heterocycles. The van der Waals surface area contributed by atoms with Crippen molar-refractivity contribution in [3.63, 3.8) is 0 Å². The van der Waals surface area contributed by atoms with Crippen molar-refractivity contribution in [1.29, 1.82) is 0 Å². The van der Waals surface area contributed by atoms with Crippen LogP contribution < -0.4 is 15.0 Å². The topological polar surface area (TPSA) is 61.9 Å². The van der Waals surface area contributed by atoms with Crippen LogP contribution in [-0.2, 0) is 11.3 Å². The van der Waals surface area contributed by atoms with Crippen molar-refractivity contribution < 1.29 is 14.3 Å². The molecule has 0 aromatic heterocycles. The predicted octanol–water partition coefficient (Wildman–Crippen LogP) is 3.42. The molecule has 1 saturated heterocycles. The number of urea groups is 1. The lowest BCUT2D eigenvalue weighted by Crippen LogP contribution is -2.48. The van der Waals surface area contributed by atoms with Crippen molar-refractivity contribution in [2.24, 2.45) is 0 Å². The van der Waals surface area contributed by atoms with E-state index < -0.39 is 0 Å². The fraction of sp³-hybridized carbons (Fsp3) is 0.364. The van der Waals surface area contributed by atoms with Gasteiger partial charge in [-0.05, 0) is 31.5 Å². The number of hydrogen-bond acceptors (Lipinski definition) is 3. The summed E-state index contributed by atoms with van der Waals surface area (Å²) in [6.45, 7) is 4.97. The van der Waals surface area contributed by atoms with Gasteiger partial charge in [-0.2, -0.15) is 0 Å². The van der Waals surface area contributed by atoms with E-state index in [2.05, 4.69) is 5.32 Å². The fourth-order valence-corrected chi connectivity index (χ4v) is 3.36. The van der Waals surface area contributed by atoms with Crippen LogP contribution in [0.25, 0.3) is 0 Å². The minimum atomic E-state index is -0.219. The van der Waals surface area contributed by atoms with Crippen molar-refractivity contribution in [2.45, 2.75) is 38.9 Å². The molecule has 28 heavy (non-hydrogen) atoms. The summed E-state index contributed by atoms with van der Waals surface area (Å²) >= 11 is 0. The van der Waals surface area contributed by atoms with Gasteiger partial charge in [-0.15, -0.1) is 0 Å². The van der Waals surface area contributed by atoms with E-state index in [0.717, 1.165) is 11.3 Å². The quantitative estimate of drug-likeness (QED) is 0.834. The Labute approximate surface area is 166 Å². The minimum Gasteiger partial charge on any atom is -0.497 e. The number of carbonyl (C=O) groups excluding carboxylic acids is 2. The lowest BCUT2D eigenvalue weighted by Gasteiger charge is -2.28. The first-order valence-electron chi connectivity index (χ1n) is 9.53. The fourth-order valence-electron chi connectivity index (χ4n) is 3.36. The van der Waals surface area contributed by atoms with Crippen molar-refractivity contribution in [3.05, 3.63) is 60.2 Å². The molecule has 6 nitrogen and oxygen atoms in total. The Morgan fingerprint density at radius 2 is 1.96 bits per heavy atom. The highest BCUT2D eigenvalue weighted by Gasteiger charge is 2.33. The molecular formula is C22H27N3O3. The summed E-state index contributed by atoms with van der Waals surface area (Å²) in [5.74, 6) is 0.698. The number of methoxy groups -OCH3 is 1. The highest BCUT2D eigenvalue weighted by molar-refractivity contribution is 5.97. The molecule has 0 spiro atoms. The first-order valence-corrected chi connectivity index (χ1v) is 9.53. The standard InChI is InChI=1S/C22H27N3O3/c1-16(2)24(14-17-8-5-4-6-9-17)22(27)23-18-12-21(26)25(15-18)19-10-7-11-20(13-19)28-3/h4-11,13,16,18H,12,14-15H2,1-3H3,(H,23,27)/t18-/m1/s1. The Kier molecular flexibility index (Phi) is 6.19. The molecule has 0 radical (unpaired) electrons. The highest BCUT2D eigenvalue weighted by atomic mass is 16.5. The third-order valence-electron chi connectivity index (χ3n) is 4.90. The summed E-state index contributed by atoms with van der Waals surface area (Å²) < 4.78 is 5.24. The molecule has 0 saturated carbocycles. The van der Waals surface area contributed by atoms with Crippen LogP contribution in [-0.4, -0.2) is 42.6 Å². The lowest BCUT2D eigenvalue weighted by molar-refractivity contribution is -0.117. The summed E-state index contributed by atoms with van der Waals surface area (Å²) in [6, 6.07) is 17.0. The Morgan fingerprint density at radius 1 is 1.21 bits per heavy atom. The summed E-state index contributed by atoms with van der Waals surface area (Å²) in [4.78, 5) is 28.8. The second kappa shape index (κ2) is 8.78. The van der Waals surface area contributed by atoms with Crippen LogP contribution in [0.4, 0.5) is 10.5 Å². The van der Waals surface area contributed by atoms with Gasteiger partial charge in [0.25, 0.3) is 0 Å². The molecule has 0 bridgehead atoms. The number of nitrogens with one attached hydrogen (secondary N) is 1. The van der Waals surface area contributed by atoms with Gasteiger partial charge in [-0.3, -0.25) is 4.79 Å². The van der Waals surface area contributed by atoms with Crippen LogP contribution in [0.15, 0.2) is 54.6 Å². The number of anilines is 1. The Balaban J connectivity index is 1.65. The van der Waals surface area contributed by atoms with Crippen LogP contribution in [0.3, 0.4) is 0 Å². The van der Waals surface area contributed by atoms with Crippen molar-refractivity contribution in [2.75, 3.05) is 18.6 Å². The van der Waals surface area contributed by atoms with Gasteiger partial charge in [0, 0.05) is 37.3 Å². The molecule has 1 atom stereocenters. The van der Waals surface area contributed by atoms with E-state index in [-0.39, 0.29) is 24.0 Å². The maximum atomic E-state index is 12.9. The molecule has 3 rings (SSSR count). The van der Waals surface area contributed by atoms with Crippen LogP contribution in [0.2, 0.25) is 0 Å². The third-order valence-corrected chi connectivity index (χ3v) is 4.90. The zero-order chi connectivity index (χ0) is 20.1. The van der Waals surface area contributed by atoms with Gasteiger partial charge < -0.3 is 19.9 Å². The molecular weight excluding hydrogens is 354 g/mol. The molecule has 148 valence electrons. The van der Waals surface area contributed by atoms with Gasteiger partial charge in [0.2, 0.25) is 5.91 Å². The maximum Gasteiger partial charge on any atom is 0.318 e. The van der Waals surface area contributed by atoms with Crippen LogP contribution in [0.5, 0.6) is 5.75 Å². The lowest BCUT2D eigenvalue weighted by atomic mass is 10.2. The Morgan fingerprint density at radius 3 is 2.64 bits per heavy atom. The molecule has 1 heterocycles. The molecule has 0 unspecified atom stereocenters. The van der Waals surface area contributed by atoms with E-state index in [1.54, 1.807) is 16.9 Å². The molecule has 0 aliphatic carbocycles. The Bertz CT molecular complexity index is 823. The minimum absolute atomic E-state index is 0.00212. The second-order valence-electron chi connectivity index (χ2n) is 7.26. The van der Waals surface area contributed by atoms with Crippen LogP contribution in [0.1, 0.15) is 25.8 Å². The molecule has 2 aromatic rings. The molecule has 2 aromatic carbocycles. The van der Waals surface area contributed by atoms with E-state index in [1.165, 1.54) is 0 Å². The predicted molar refractivity (Wildman–Crippen MR) is 109 cm³/mol. The summed E-state index contributed by atoms with van der Waals surface area (Å²) in [5.41, 5.74) is 1.86. The molecule has 1 fully saturated rings. The third kappa shape index (κ3) is 4.63.